The lowest BCUT2D eigenvalue weighted by molar-refractivity contribution is -0.179. The van der Waals surface area contributed by atoms with Gasteiger partial charge in [0.05, 0.1) is 19.8 Å². The van der Waals surface area contributed by atoms with Crippen LogP contribution in [0.1, 0.15) is 26.7 Å². The first-order valence-electron chi connectivity index (χ1n) is 5.96. The second kappa shape index (κ2) is 5.64. The van der Waals surface area contributed by atoms with E-state index in [1.54, 1.807) is 11.9 Å². The van der Waals surface area contributed by atoms with E-state index in [0.29, 0.717) is 19.1 Å². The average molecular weight is 229 g/mol. The van der Waals surface area contributed by atoms with Crippen LogP contribution in [0.5, 0.6) is 0 Å². The zero-order valence-corrected chi connectivity index (χ0v) is 10.5. The van der Waals surface area contributed by atoms with Gasteiger partial charge in [-0.1, -0.05) is 13.8 Å². The Bertz CT molecular complexity index is 231. The molecule has 94 valence electrons. The highest BCUT2D eigenvalue weighted by atomic mass is 16.5. The predicted molar refractivity (Wildman–Crippen MR) is 62.0 cm³/mol. The lowest BCUT2D eigenvalue weighted by atomic mass is 9.85. The molecule has 1 aliphatic heterocycles. The summed E-state index contributed by atoms with van der Waals surface area (Å²) in [5.74, 6) is 0.687. The molecule has 1 fully saturated rings. The van der Waals surface area contributed by atoms with Crippen LogP contribution in [-0.2, 0) is 9.53 Å². The largest absolute Gasteiger partial charge is 0.395 e. The van der Waals surface area contributed by atoms with Gasteiger partial charge in [-0.15, -0.1) is 0 Å². The monoisotopic (exact) mass is 229 g/mol. The second-order valence-corrected chi connectivity index (χ2v) is 5.19. The smallest absolute Gasteiger partial charge is 0.235 e. The van der Waals surface area contributed by atoms with E-state index >= 15 is 0 Å². The van der Waals surface area contributed by atoms with Crippen molar-refractivity contribution in [2.45, 2.75) is 26.7 Å². The van der Waals surface area contributed by atoms with Crippen molar-refractivity contribution in [3.63, 3.8) is 0 Å². The zero-order valence-electron chi connectivity index (χ0n) is 10.5. The summed E-state index contributed by atoms with van der Waals surface area (Å²) in [5.41, 5.74) is -0.646. The Balaban J connectivity index is 2.35. The Hall–Kier alpha value is -0.610. The van der Waals surface area contributed by atoms with Gasteiger partial charge in [-0.3, -0.25) is 4.79 Å². The number of aliphatic hydroxyl groups excluding tert-OH is 1. The Morgan fingerprint density at radius 3 is 2.50 bits per heavy atom. The Morgan fingerprint density at radius 1 is 1.50 bits per heavy atom. The van der Waals surface area contributed by atoms with Crippen molar-refractivity contribution >= 4 is 5.91 Å². The van der Waals surface area contributed by atoms with Crippen LogP contribution < -0.4 is 0 Å². The van der Waals surface area contributed by atoms with Crippen LogP contribution in [0.4, 0.5) is 0 Å². The highest BCUT2D eigenvalue weighted by molar-refractivity contribution is 5.83. The van der Waals surface area contributed by atoms with E-state index in [2.05, 4.69) is 13.8 Å². The fourth-order valence-corrected chi connectivity index (χ4v) is 1.87. The third kappa shape index (κ3) is 2.95. The van der Waals surface area contributed by atoms with Crippen LogP contribution in [0.25, 0.3) is 0 Å². The summed E-state index contributed by atoms with van der Waals surface area (Å²) in [6, 6.07) is 0. The summed E-state index contributed by atoms with van der Waals surface area (Å²) >= 11 is 0. The second-order valence-electron chi connectivity index (χ2n) is 5.19. The number of carbonyl (C=O) groups excluding carboxylic acids is 1. The van der Waals surface area contributed by atoms with Crippen LogP contribution in [0.15, 0.2) is 0 Å². The molecule has 4 nitrogen and oxygen atoms in total. The van der Waals surface area contributed by atoms with Crippen molar-refractivity contribution in [2.24, 2.45) is 11.3 Å². The summed E-state index contributed by atoms with van der Waals surface area (Å²) in [4.78, 5) is 13.8. The molecule has 1 rings (SSSR count). The molecule has 0 bridgehead atoms. The van der Waals surface area contributed by atoms with Gasteiger partial charge in [-0.25, -0.2) is 0 Å². The van der Waals surface area contributed by atoms with Crippen LogP contribution in [0.3, 0.4) is 0 Å². The quantitative estimate of drug-likeness (QED) is 0.736. The third-order valence-corrected chi connectivity index (χ3v) is 3.13. The van der Waals surface area contributed by atoms with Crippen molar-refractivity contribution in [1.29, 1.82) is 0 Å². The van der Waals surface area contributed by atoms with Crippen molar-refractivity contribution in [3.05, 3.63) is 0 Å². The number of ether oxygens (including phenoxy) is 1. The molecule has 0 saturated carbocycles. The number of hydrogen-bond donors (Lipinski definition) is 1. The first kappa shape index (κ1) is 13.5. The van der Waals surface area contributed by atoms with E-state index < -0.39 is 5.41 Å². The first-order chi connectivity index (χ1) is 7.52. The van der Waals surface area contributed by atoms with Crippen LogP contribution in [-0.4, -0.2) is 49.3 Å². The highest BCUT2D eigenvalue weighted by Crippen LogP contribution is 2.29. The molecule has 4 heteroatoms. The van der Waals surface area contributed by atoms with Crippen molar-refractivity contribution in [3.8, 4) is 0 Å². The molecule has 0 aromatic rings. The van der Waals surface area contributed by atoms with Crippen LogP contribution >= 0.6 is 0 Å². The zero-order chi connectivity index (χ0) is 12.2. The molecule has 1 aliphatic rings. The van der Waals surface area contributed by atoms with Crippen LogP contribution in [0, 0.1) is 11.3 Å². The Labute approximate surface area is 97.6 Å². The van der Waals surface area contributed by atoms with Crippen molar-refractivity contribution in [1.82, 2.24) is 4.90 Å². The fraction of sp³-hybridized carbons (Fsp3) is 0.917. The topological polar surface area (TPSA) is 49.8 Å². The summed E-state index contributed by atoms with van der Waals surface area (Å²) < 4.78 is 5.04. The van der Waals surface area contributed by atoms with E-state index in [1.165, 1.54) is 0 Å². The standard InChI is InChI=1S/C12H23NO3/c1-10(2)5-4-6-13(3)11(15)12(7-14)8-16-9-12/h10,14H,4-9H2,1-3H3. The maximum absolute atomic E-state index is 12.0. The molecule has 1 saturated heterocycles. The molecule has 1 heterocycles. The van der Waals surface area contributed by atoms with Crippen molar-refractivity contribution < 1.29 is 14.6 Å². The molecule has 0 radical (unpaired) electrons. The molecule has 16 heavy (non-hydrogen) atoms. The van der Waals surface area contributed by atoms with E-state index in [0.717, 1.165) is 19.4 Å². The average Bonchev–Trinajstić information content (AvgIpc) is 2.16. The van der Waals surface area contributed by atoms with E-state index in [9.17, 15) is 9.90 Å². The molecule has 0 aromatic carbocycles. The van der Waals surface area contributed by atoms with Gasteiger partial charge >= 0.3 is 0 Å². The van der Waals surface area contributed by atoms with Gasteiger partial charge in [0.15, 0.2) is 0 Å². The minimum Gasteiger partial charge on any atom is -0.395 e. The lowest BCUT2D eigenvalue weighted by Crippen LogP contribution is -2.56. The molecule has 0 atom stereocenters. The number of nitrogens with zero attached hydrogens (tertiary/aromatic N) is 1. The maximum atomic E-state index is 12.0. The van der Waals surface area contributed by atoms with Gasteiger partial charge in [-0.05, 0) is 18.8 Å². The molecule has 1 amide bonds. The van der Waals surface area contributed by atoms with Gasteiger partial charge in [0.25, 0.3) is 0 Å². The fourth-order valence-electron chi connectivity index (χ4n) is 1.87. The van der Waals surface area contributed by atoms with E-state index in [4.69, 9.17) is 4.74 Å². The first-order valence-corrected chi connectivity index (χ1v) is 5.96. The molecule has 1 N–H and O–H groups in total. The van der Waals surface area contributed by atoms with Crippen molar-refractivity contribution in [2.75, 3.05) is 33.4 Å². The number of rotatable bonds is 6. The van der Waals surface area contributed by atoms with Gasteiger partial charge in [0.2, 0.25) is 5.91 Å². The Kier molecular flexibility index (Phi) is 4.74. The maximum Gasteiger partial charge on any atom is 0.235 e. The summed E-state index contributed by atoms with van der Waals surface area (Å²) in [6.45, 7) is 5.72. The van der Waals surface area contributed by atoms with Gasteiger partial charge in [0.1, 0.15) is 5.41 Å². The van der Waals surface area contributed by atoms with E-state index in [-0.39, 0.29) is 12.5 Å². The summed E-state index contributed by atoms with van der Waals surface area (Å²) in [7, 11) is 1.80. The summed E-state index contributed by atoms with van der Waals surface area (Å²) in [6.07, 6.45) is 2.14. The minimum absolute atomic E-state index is 0.0185. The van der Waals surface area contributed by atoms with Gasteiger partial charge in [-0.2, -0.15) is 0 Å². The van der Waals surface area contributed by atoms with Gasteiger partial charge < -0.3 is 14.7 Å². The number of hydrogen-bond acceptors (Lipinski definition) is 3. The molecular formula is C12H23NO3. The summed E-state index contributed by atoms with van der Waals surface area (Å²) in [5, 5.41) is 9.24. The van der Waals surface area contributed by atoms with Gasteiger partial charge in [0, 0.05) is 13.6 Å². The highest BCUT2D eigenvalue weighted by Gasteiger charge is 2.46. The van der Waals surface area contributed by atoms with Crippen LogP contribution in [0.2, 0.25) is 0 Å². The number of aliphatic hydroxyl groups is 1. The number of carbonyl (C=O) groups is 1. The normalized spacial score (nSPS) is 18.3. The number of amides is 1. The SMILES string of the molecule is CC(C)CCCN(C)C(=O)C1(CO)COC1. The molecule has 0 aliphatic carbocycles. The lowest BCUT2D eigenvalue weighted by Gasteiger charge is -2.40. The molecule has 0 aromatic heterocycles. The Morgan fingerprint density at radius 2 is 2.12 bits per heavy atom. The molecule has 0 unspecified atom stereocenters. The third-order valence-electron chi connectivity index (χ3n) is 3.13. The predicted octanol–water partition coefficient (Wildman–Crippen LogP) is 0.890. The minimum atomic E-state index is -0.646. The molecular weight excluding hydrogens is 206 g/mol. The molecule has 0 spiro atoms. The van der Waals surface area contributed by atoms with E-state index in [1.807, 2.05) is 0 Å².